The van der Waals surface area contributed by atoms with Crippen molar-refractivity contribution in [1.82, 2.24) is 25.2 Å². The molecular formula is C15H23N5O3. The van der Waals surface area contributed by atoms with Crippen LogP contribution in [0, 0.1) is 13.8 Å². The van der Waals surface area contributed by atoms with Crippen molar-refractivity contribution in [3.63, 3.8) is 0 Å². The first-order valence-corrected chi connectivity index (χ1v) is 7.99. The first kappa shape index (κ1) is 15.9. The summed E-state index contributed by atoms with van der Waals surface area (Å²) < 4.78 is 5.20. The van der Waals surface area contributed by atoms with Crippen LogP contribution in [0.5, 0.6) is 0 Å². The first-order valence-electron chi connectivity index (χ1n) is 7.99. The summed E-state index contributed by atoms with van der Waals surface area (Å²) in [6.07, 6.45) is 0. The van der Waals surface area contributed by atoms with E-state index in [4.69, 9.17) is 4.52 Å². The molecule has 0 bridgehead atoms. The number of carbonyl (C=O) groups is 2. The minimum absolute atomic E-state index is 0.112. The van der Waals surface area contributed by atoms with Gasteiger partial charge in [-0.05, 0) is 13.8 Å². The molecular weight excluding hydrogens is 298 g/mol. The first-order chi connectivity index (χ1) is 11.0. The van der Waals surface area contributed by atoms with Crippen LogP contribution in [-0.2, 0) is 11.3 Å². The molecule has 8 nitrogen and oxygen atoms in total. The van der Waals surface area contributed by atoms with Gasteiger partial charge in [0.15, 0.2) is 0 Å². The predicted octanol–water partition coefficient (Wildman–Crippen LogP) is -0.0392. The van der Waals surface area contributed by atoms with Gasteiger partial charge < -0.3 is 9.84 Å². The van der Waals surface area contributed by atoms with Crippen LogP contribution in [0.3, 0.4) is 0 Å². The summed E-state index contributed by atoms with van der Waals surface area (Å²) >= 11 is 0. The normalized spacial score (nSPS) is 20.1. The van der Waals surface area contributed by atoms with Crippen LogP contribution in [0.2, 0.25) is 0 Å². The molecule has 126 valence electrons. The average molecular weight is 321 g/mol. The number of nitrogens with zero attached hydrogens (tertiary/aromatic N) is 4. The van der Waals surface area contributed by atoms with E-state index in [9.17, 15) is 9.59 Å². The van der Waals surface area contributed by atoms with Crippen LogP contribution in [0.15, 0.2) is 4.52 Å². The third kappa shape index (κ3) is 3.53. The zero-order valence-electron chi connectivity index (χ0n) is 13.7. The van der Waals surface area contributed by atoms with E-state index in [1.165, 1.54) is 4.90 Å². The Hall–Kier alpha value is -1.93. The summed E-state index contributed by atoms with van der Waals surface area (Å²) in [6, 6.07) is -0.271. The predicted molar refractivity (Wildman–Crippen MR) is 82.8 cm³/mol. The largest absolute Gasteiger partial charge is 0.361 e. The van der Waals surface area contributed by atoms with Crippen molar-refractivity contribution in [3.05, 3.63) is 17.0 Å². The van der Waals surface area contributed by atoms with Crippen LogP contribution in [-0.4, -0.2) is 77.6 Å². The standard InChI is InChI=1S/C15H23N5O3/c1-11-13(12(2)23-17-11)9-18-5-7-19(8-6-18)10-14(21)20-4-3-16-15(20)22/h3-10H2,1-2H3,(H,16,22). The molecule has 1 aromatic rings. The van der Waals surface area contributed by atoms with Gasteiger partial charge in [0.2, 0.25) is 5.91 Å². The number of imide groups is 1. The molecule has 0 saturated carbocycles. The third-order valence-electron chi connectivity index (χ3n) is 4.54. The second-order valence-corrected chi connectivity index (χ2v) is 6.13. The number of rotatable bonds is 4. The molecule has 3 amide bonds. The molecule has 23 heavy (non-hydrogen) atoms. The fourth-order valence-electron chi connectivity index (χ4n) is 3.04. The minimum atomic E-state index is -0.271. The maximum Gasteiger partial charge on any atom is 0.324 e. The highest BCUT2D eigenvalue weighted by molar-refractivity contribution is 5.96. The van der Waals surface area contributed by atoms with Gasteiger partial charge >= 0.3 is 6.03 Å². The number of hydrogen-bond donors (Lipinski definition) is 1. The molecule has 1 aromatic heterocycles. The van der Waals surface area contributed by atoms with E-state index < -0.39 is 0 Å². The molecule has 0 spiro atoms. The number of amides is 3. The van der Waals surface area contributed by atoms with Crippen LogP contribution >= 0.6 is 0 Å². The Morgan fingerprint density at radius 1 is 1.17 bits per heavy atom. The summed E-state index contributed by atoms with van der Waals surface area (Å²) in [5.41, 5.74) is 2.10. The van der Waals surface area contributed by atoms with E-state index in [2.05, 4.69) is 20.3 Å². The fraction of sp³-hybridized carbons (Fsp3) is 0.667. The topological polar surface area (TPSA) is 81.9 Å². The molecule has 0 aromatic carbocycles. The number of piperazine rings is 1. The molecule has 3 heterocycles. The van der Waals surface area contributed by atoms with Crippen molar-refractivity contribution in [1.29, 1.82) is 0 Å². The van der Waals surface area contributed by atoms with Gasteiger partial charge in [0.05, 0.1) is 12.2 Å². The summed E-state index contributed by atoms with van der Waals surface area (Å²) in [4.78, 5) is 29.4. The zero-order chi connectivity index (χ0) is 16.4. The highest BCUT2D eigenvalue weighted by Gasteiger charge is 2.28. The Morgan fingerprint density at radius 2 is 1.87 bits per heavy atom. The maximum absolute atomic E-state index is 12.1. The van der Waals surface area contributed by atoms with Crippen molar-refractivity contribution < 1.29 is 14.1 Å². The lowest BCUT2D eigenvalue weighted by atomic mass is 10.2. The molecule has 1 N–H and O–H groups in total. The van der Waals surface area contributed by atoms with Crippen LogP contribution < -0.4 is 5.32 Å². The quantitative estimate of drug-likeness (QED) is 0.838. The zero-order valence-corrected chi connectivity index (χ0v) is 13.7. The van der Waals surface area contributed by atoms with E-state index in [1.54, 1.807) is 0 Å². The van der Waals surface area contributed by atoms with Gasteiger partial charge in [-0.3, -0.25) is 19.5 Å². The van der Waals surface area contributed by atoms with Gasteiger partial charge in [-0.15, -0.1) is 0 Å². The fourth-order valence-corrected chi connectivity index (χ4v) is 3.04. The lowest BCUT2D eigenvalue weighted by Gasteiger charge is -2.34. The molecule has 3 rings (SSSR count). The Balaban J connectivity index is 1.47. The minimum Gasteiger partial charge on any atom is -0.361 e. The van der Waals surface area contributed by atoms with E-state index in [1.807, 2.05) is 13.8 Å². The number of carbonyl (C=O) groups excluding carboxylic acids is 2. The summed E-state index contributed by atoms with van der Waals surface area (Å²) in [7, 11) is 0. The highest BCUT2D eigenvalue weighted by atomic mass is 16.5. The van der Waals surface area contributed by atoms with Crippen LogP contribution in [0.4, 0.5) is 4.79 Å². The summed E-state index contributed by atoms with van der Waals surface area (Å²) in [5.74, 6) is 0.763. The molecule has 2 aliphatic rings. The number of aromatic nitrogens is 1. The van der Waals surface area contributed by atoms with Gasteiger partial charge in [-0.25, -0.2) is 4.79 Å². The van der Waals surface area contributed by atoms with E-state index >= 15 is 0 Å². The van der Waals surface area contributed by atoms with Crippen molar-refractivity contribution in [2.24, 2.45) is 0 Å². The average Bonchev–Trinajstić information content (AvgIpc) is 3.09. The second kappa shape index (κ2) is 6.67. The highest BCUT2D eigenvalue weighted by Crippen LogP contribution is 2.16. The van der Waals surface area contributed by atoms with Crippen LogP contribution in [0.25, 0.3) is 0 Å². The van der Waals surface area contributed by atoms with Crippen LogP contribution in [0.1, 0.15) is 17.0 Å². The van der Waals surface area contributed by atoms with Gasteiger partial charge in [0.1, 0.15) is 5.76 Å². The third-order valence-corrected chi connectivity index (χ3v) is 4.54. The van der Waals surface area contributed by atoms with Crippen molar-refractivity contribution >= 4 is 11.9 Å². The monoisotopic (exact) mass is 321 g/mol. The molecule has 0 atom stereocenters. The Morgan fingerprint density at radius 3 is 2.43 bits per heavy atom. The second-order valence-electron chi connectivity index (χ2n) is 6.13. The van der Waals surface area contributed by atoms with Crippen molar-refractivity contribution in [2.45, 2.75) is 20.4 Å². The number of urea groups is 1. The molecule has 2 saturated heterocycles. The number of aryl methyl sites for hydroxylation is 2. The Kier molecular flexibility index (Phi) is 4.63. The van der Waals surface area contributed by atoms with Crippen molar-refractivity contribution in [3.8, 4) is 0 Å². The lowest BCUT2D eigenvalue weighted by Crippen LogP contribution is -2.50. The van der Waals surface area contributed by atoms with Gasteiger partial charge in [-0.1, -0.05) is 5.16 Å². The molecule has 0 radical (unpaired) electrons. The molecule has 0 unspecified atom stereocenters. The summed E-state index contributed by atoms with van der Waals surface area (Å²) in [6.45, 7) is 9.50. The van der Waals surface area contributed by atoms with Gasteiger partial charge in [0.25, 0.3) is 0 Å². The number of hydrogen-bond acceptors (Lipinski definition) is 6. The Labute approximate surface area is 135 Å². The molecule has 2 aliphatic heterocycles. The molecule has 8 heteroatoms. The Bertz CT molecular complexity index is 572. The summed E-state index contributed by atoms with van der Waals surface area (Å²) in [5, 5.41) is 6.64. The SMILES string of the molecule is Cc1noc(C)c1CN1CCN(CC(=O)N2CCNC2=O)CC1. The molecule has 2 fully saturated rings. The van der Waals surface area contributed by atoms with E-state index in [0.717, 1.165) is 49.7 Å². The molecule has 0 aliphatic carbocycles. The smallest absolute Gasteiger partial charge is 0.324 e. The lowest BCUT2D eigenvalue weighted by molar-refractivity contribution is -0.129. The maximum atomic E-state index is 12.1. The van der Waals surface area contributed by atoms with E-state index in [0.29, 0.717) is 19.6 Å². The van der Waals surface area contributed by atoms with Gasteiger partial charge in [-0.2, -0.15) is 0 Å². The van der Waals surface area contributed by atoms with Gasteiger partial charge in [0, 0.05) is 51.4 Å². The van der Waals surface area contributed by atoms with E-state index in [-0.39, 0.29) is 11.9 Å². The van der Waals surface area contributed by atoms with Crippen molar-refractivity contribution in [2.75, 3.05) is 45.8 Å². The number of nitrogens with one attached hydrogen (secondary N) is 1.